The van der Waals surface area contributed by atoms with Crippen molar-refractivity contribution in [3.63, 3.8) is 0 Å². The monoisotopic (exact) mass is 291 g/mol. The summed E-state index contributed by atoms with van der Waals surface area (Å²) in [4.78, 5) is 9.34. The molecule has 3 heteroatoms. The van der Waals surface area contributed by atoms with Crippen LogP contribution in [0.4, 0.5) is 0 Å². The minimum Gasteiger partial charge on any atom is -0.255 e. The van der Waals surface area contributed by atoms with E-state index in [4.69, 9.17) is 4.98 Å². The molecule has 0 amide bonds. The van der Waals surface area contributed by atoms with Crippen molar-refractivity contribution >= 4 is 24.9 Å². The number of rotatable bonds is 4. The van der Waals surface area contributed by atoms with E-state index in [9.17, 15) is 0 Å². The van der Waals surface area contributed by atoms with Crippen LogP contribution >= 0.6 is 0 Å². The topological polar surface area (TPSA) is 25.8 Å². The summed E-state index contributed by atoms with van der Waals surface area (Å²) in [6.45, 7) is 4.58. The molecule has 105 valence electrons. The molecule has 0 bridgehead atoms. The average Bonchev–Trinajstić information content (AvgIpc) is 2.56. The maximum atomic E-state index is 4.93. The van der Waals surface area contributed by atoms with Gasteiger partial charge in [0.1, 0.15) is 0 Å². The van der Waals surface area contributed by atoms with Crippen LogP contribution in [0.25, 0.3) is 22.3 Å². The highest BCUT2D eigenvalue weighted by atomic mass is 28.3. The lowest BCUT2D eigenvalue weighted by Gasteiger charge is -2.14. The molecule has 0 unspecified atom stereocenters. The summed E-state index contributed by atoms with van der Waals surface area (Å²) in [5, 5.41) is 2.69. The smallest absolute Gasteiger partial charge is 0.0893 e. The minimum atomic E-state index is -0.507. The Labute approximate surface area is 127 Å². The second-order valence-corrected chi connectivity index (χ2v) is 8.26. The third-order valence-corrected chi connectivity index (χ3v) is 6.75. The SMILES string of the molecule is CC[Si](CC)c1cccc2ccc(-c3ccccn3)nc12. The first kappa shape index (κ1) is 14.0. The second kappa shape index (κ2) is 6.18. The zero-order valence-corrected chi connectivity index (χ0v) is 13.5. The van der Waals surface area contributed by atoms with E-state index in [-0.39, 0.29) is 0 Å². The standard InChI is InChI=1S/C18H19N2Si/c1-3-21(4-2)17-10-7-8-14-11-12-16(20-18(14)17)15-9-5-6-13-19-15/h5-13H,3-4H2,1-2H3. The predicted octanol–water partition coefficient (Wildman–Crippen LogP) is 4.04. The summed E-state index contributed by atoms with van der Waals surface area (Å²) in [6.07, 6.45) is 1.82. The fourth-order valence-corrected chi connectivity index (χ4v) is 4.85. The average molecular weight is 291 g/mol. The highest BCUT2D eigenvalue weighted by molar-refractivity contribution is 6.75. The first-order chi connectivity index (χ1) is 10.3. The van der Waals surface area contributed by atoms with Crippen LogP contribution in [0.2, 0.25) is 12.1 Å². The molecule has 0 saturated heterocycles. The number of aromatic nitrogens is 2. The molecule has 0 aliphatic rings. The Balaban J connectivity index is 2.18. The normalized spacial score (nSPS) is 11.2. The molecule has 0 aliphatic heterocycles. The van der Waals surface area contributed by atoms with Crippen molar-refractivity contribution in [3.8, 4) is 11.4 Å². The van der Waals surface area contributed by atoms with E-state index in [0.717, 1.165) is 11.4 Å². The van der Waals surface area contributed by atoms with Crippen molar-refractivity contribution in [1.82, 2.24) is 9.97 Å². The van der Waals surface area contributed by atoms with Gasteiger partial charge >= 0.3 is 0 Å². The number of pyridine rings is 2. The lowest BCUT2D eigenvalue weighted by atomic mass is 10.1. The molecule has 0 aliphatic carbocycles. The van der Waals surface area contributed by atoms with E-state index in [0.29, 0.717) is 0 Å². The summed E-state index contributed by atoms with van der Waals surface area (Å²) >= 11 is 0. The van der Waals surface area contributed by atoms with Gasteiger partial charge in [0.05, 0.1) is 25.7 Å². The largest absolute Gasteiger partial charge is 0.255 e. The molecule has 1 aromatic carbocycles. The molecule has 1 radical (unpaired) electrons. The van der Waals surface area contributed by atoms with Gasteiger partial charge in [-0.1, -0.05) is 56.3 Å². The lowest BCUT2D eigenvalue weighted by molar-refractivity contribution is 1.27. The number of hydrogen-bond acceptors (Lipinski definition) is 2. The van der Waals surface area contributed by atoms with Gasteiger partial charge in [0.25, 0.3) is 0 Å². The van der Waals surface area contributed by atoms with E-state index >= 15 is 0 Å². The van der Waals surface area contributed by atoms with E-state index in [1.807, 2.05) is 24.4 Å². The Morgan fingerprint density at radius 2 is 1.71 bits per heavy atom. The number of nitrogens with zero attached hydrogens (tertiary/aromatic N) is 2. The maximum absolute atomic E-state index is 4.93. The number of benzene rings is 1. The van der Waals surface area contributed by atoms with Crippen LogP contribution in [0.3, 0.4) is 0 Å². The van der Waals surface area contributed by atoms with Crippen molar-refractivity contribution < 1.29 is 0 Å². The Kier molecular flexibility index (Phi) is 4.11. The van der Waals surface area contributed by atoms with Crippen LogP contribution in [0, 0.1) is 0 Å². The first-order valence-electron chi connectivity index (χ1n) is 7.49. The third kappa shape index (κ3) is 2.74. The molecule has 2 heterocycles. The third-order valence-electron chi connectivity index (χ3n) is 3.88. The Bertz CT molecular complexity index is 737. The Hall–Kier alpha value is -2.00. The van der Waals surface area contributed by atoms with E-state index in [2.05, 4.69) is 49.2 Å². The van der Waals surface area contributed by atoms with Gasteiger partial charge in [-0.05, 0) is 23.4 Å². The van der Waals surface area contributed by atoms with Crippen LogP contribution in [-0.2, 0) is 0 Å². The van der Waals surface area contributed by atoms with Gasteiger partial charge in [-0.2, -0.15) is 0 Å². The Morgan fingerprint density at radius 1 is 0.857 bits per heavy atom. The molecule has 3 rings (SSSR count). The van der Waals surface area contributed by atoms with Gasteiger partial charge in [0.15, 0.2) is 0 Å². The number of hydrogen-bond donors (Lipinski definition) is 0. The second-order valence-electron chi connectivity index (χ2n) is 5.10. The lowest BCUT2D eigenvalue weighted by Crippen LogP contribution is -2.29. The molecule has 2 aromatic heterocycles. The van der Waals surface area contributed by atoms with Crippen molar-refractivity contribution in [3.05, 3.63) is 54.7 Å². The summed E-state index contributed by atoms with van der Waals surface area (Å²) in [6, 6.07) is 19.3. The molecule has 0 fully saturated rings. The van der Waals surface area contributed by atoms with E-state index in [1.54, 1.807) is 0 Å². The molecule has 0 spiro atoms. The molecule has 3 aromatic rings. The fraction of sp³-hybridized carbons (Fsp3) is 0.222. The predicted molar refractivity (Wildman–Crippen MR) is 91.3 cm³/mol. The van der Waals surface area contributed by atoms with Gasteiger partial charge in [-0.15, -0.1) is 0 Å². The van der Waals surface area contributed by atoms with Crippen LogP contribution in [0.5, 0.6) is 0 Å². The molecule has 21 heavy (non-hydrogen) atoms. The minimum absolute atomic E-state index is 0.507. The highest BCUT2D eigenvalue weighted by Crippen LogP contribution is 2.19. The zero-order chi connectivity index (χ0) is 14.7. The van der Waals surface area contributed by atoms with Crippen LogP contribution in [0.1, 0.15) is 13.8 Å². The van der Waals surface area contributed by atoms with E-state index in [1.165, 1.54) is 28.2 Å². The van der Waals surface area contributed by atoms with Gasteiger partial charge in [-0.25, -0.2) is 4.98 Å². The first-order valence-corrected chi connectivity index (χ1v) is 9.41. The molecule has 2 nitrogen and oxygen atoms in total. The quantitative estimate of drug-likeness (QED) is 0.678. The van der Waals surface area contributed by atoms with Crippen molar-refractivity contribution in [2.45, 2.75) is 25.9 Å². The van der Waals surface area contributed by atoms with Crippen molar-refractivity contribution in [1.29, 1.82) is 0 Å². The van der Waals surface area contributed by atoms with Crippen LogP contribution < -0.4 is 5.19 Å². The summed E-state index contributed by atoms with van der Waals surface area (Å²) in [5.74, 6) is 0. The molecule has 0 N–H and O–H groups in total. The maximum Gasteiger partial charge on any atom is 0.0893 e. The molecule has 0 saturated carbocycles. The highest BCUT2D eigenvalue weighted by Gasteiger charge is 2.14. The van der Waals surface area contributed by atoms with E-state index < -0.39 is 8.80 Å². The zero-order valence-electron chi connectivity index (χ0n) is 12.5. The number of para-hydroxylation sites is 1. The van der Waals surface area contributed by atoms with Crippen LogP contribution in [0.15, 0.2) is 54.7 Å². The molecular formula is C18H19N2Si. The van der Waals surface area contributed by atoms with Gasteiger partial charge in [0.2, 0.25) is 0 Å². The summed E-state index contributed by atoms with van der Waals surface area (Å²) in [7, 11) is -0.507. The number of fused-ring (bicyclic) bond motifs is 1. The molecule has 0 atom stereocenters. The van der Waals surface area contributed by atoms with Gasteiger partial charge in [-0.3, -0.25) is 4.98 Å². The fourth-order valence-electron chi connectivity index (χ4n) is 2.72. The Morgan fingerprint density at radius 3 is 2.43 bits per heavy atom. The van der Waals surface area contributed by atoms with Crippen molar-refractivity contribution in [2.24, 2.45) is 0 Å². The molecular weight excluding hydrogens is 272 g/mol. The summed E-state index contributed by atoms with van der Waals surface area (Å²) in [5.41, 5.74) is 3.07. The summed E-state index contributed by atoms with van der Waals surface area (Å²) < 4.78 is 0. The van der Waals surface area contributed by atoms with Gasteiger partial charge < -0.3 is 0 Å². The van der Waals surface area contributed by atoms with Crippen LogP contribution in [-0.4, -0.2) is 18.8 Å². The van der Waals surface area contributed by atoms with Gasteiger partial charge in [0, 0.05) is 11.6 Å². The van der Waals surface area contributed by atoms with Crippen molar-refractivity contribution in [2.75, 3.05) is 0 Å².